The highest BCUT2D eigenvalue weighted by Gasteiger charge is 2.10. The molecule has 0 unspecified atom stereocenters. The van der Waals surface area contributed by atoms with E-state index in [9.17, 15) is 4.79 Å². The van der Waals surface area contributed by atoms with Crippen LogP contribution in [-0.4, -0.2) is 28.2 Å². The zero-order valence-electron chi connectivity index (χ0n) is 14.3. The van der Waals surface area contributed by atoms with Crippen LogP contribution in [0.1, 0.15) is 11.1 Å². The number of carbonyl (C=O) groups excluding carboxylic acids is 1. The third-order valence-corrected chi connectivity index (χ3v) is 4.87. The minimum absolute atomic E-state index is 0.193. The maximum absolute atomic E-state index is 12.2. The summed E-state index contributed by atoms with van der Waals surface area (Å²) in [5.41, 5.74) is 3.24. The first-order valence-electron chi connectivity index (χ1n) is 8.03. The first-order chi connectivity index (χ1) is 12.2. The Hall–Kier alpha value is -2.53. The van der Waals surface area contributed by atoms with Gasteiger partial charge in [0.25, 0.3) is 0 Å². The van der Waals surface area contributed by atoms with Crippen LogP contribution < -0.4 is 4.74 Å². The molecule has 0 saturated carbocycles. The number of carbonyl (C=O) groups is 1. The SMILES string of the molecule is COc1ccc(-n2ccnc2SCC(=O)Cc2ccc(C)cc2)cc1. The van der Waals surface area contributed by atoms with Crippen LogP contribution in [0, 0.1) is 6.92 Å². The summed E-state index contributed by atoms with van der Waals surface area (Å²) in [6, 6.07) is 15.8. The van der Waals surface area contributed by atoms with Gasteiger partial charge in [-0.05, 0) is 36.8 Å². The van der Waals surface area contributed by atoms with E-state index in [2.05, 4.69) is 4.98 Å². The van der Waals surface area contributed by atoms with Crippen LogP contribution in [0.15, 0.2) is 66.1 Å². The highest BCUT2D eigenvalue weighted by molar-refractivity contribution is 7.99. The predicted molar refractivity (Wildman–Crippen MR) is 101 cm³/mol. The van der Waals surface area contributed by atoms with Crippen molar-refractivity contribution in [3.05, 3.63) is 72.1 Å². The van der Waals surface area contributed by atoms with Gasteiger partial charge in [-0.3, -0.25) is 9.36 Å². The molecule has 2 aromatic carbocycles. The van der Waals surface area contributed by atoms with Crippen molar-refractivity contribution < 1.29 is 9.53 Å². The molecule has 0 saturated heterocycles. The molecule has 128 valence electrons. The molecule has 25 heavy (non-hydrogen) atoms. The molecule has 0 bridgehead atoms. The van der Waals surface area contributed by atoms with Gasteiger partial charge in [0.15, 0.2) is 5.16 Å². The fourth-order valence-electron chi connectivity index (χ4n) is 2.47. The number of imidazole rings is 1. The van der Waals surface area contributed by atoms with Gasteiger partial charge in [-0.1, -0.05) is 41.6 Å². The van der Waals surface area contributed by atoms with Gasteiger partial charge in [-0.2, -0.15) is 0 Å². The Morgan fingerprint density at radius 2 is 1.84 bits per heavy atom. The van der Waals surface area contributed by atoms with Crippen molar-refractivity contribution >= 4 is 17.5 Å². The number of ketones is 1. The van der Waals surface area contributed by atoms with Crippen LogP contribution >= 0.6 is 11.8 Å². The average molecular weight is 352 g/mol. The maximum atomic E-state index is 12.2. The van der Waals surface area contributed by atoms with Gasteiger partial charge >= 0.3 is 0 Å². The smallest absolute Gasteiger partial charge is 0.173 e. The fraction of sp³-hybridized carbons (Fsp3) is 0.200. The molecular formula is C20H20N2O2S. The molecule has 0 atom stereocenters. The summed E-state index contributed by atoms with van der Waals surface area (Å²) >= 11 is 1.46. The van der Waals surface area contributed by atoms with Gasteiger partial charge in [0.05, 0.1) is 12.9 Å². The second-order valence-corrected chi connectivity index (χ2v) is 6.71. The minimum Gasteiger partial charge on any atom is -0.497 e. The molecule has 0 N–H and O–H groups in total. The zero-order chi connectivity index (χ0) is 17.6. The third-order valence-electron chi connectivity index (χ3n) is 3.84. The van der Waals surface area contributed by atoms with Crippen molar-refractivity contribution in [1.82, 2.24) is 9.55 Å². The van der Waals surface area contributed by atoms with E-state index in [-0.39, 0.29) is 5.78 Å². The topological polar surface area (TPSA) is 44.1 Å². The number of thioether (sulfide) groups is 1. The van der Waals surface area contributed by atoms with E-state index in [0.29, 0.717) is 12.2 Å². The molecule has 0 aliphatic heterocycles. The Morgan fingerprint density at radius 1 is 1.12 bits per heavy atom. The number of hydrogen-bond acceptors (Lipinski definition) is 4. The average Bonchev–Trinajstić information content (AvgIpc) is 3.10. The lowest BCUT2D eigenvalue weighted by atomic mass is 10.1. The molecule has 0 spiro atoms. The molecule has 0 aliphatic rings. The molecule has 3 aromatic rings. The maximum Gasteiger partial charge on any atom is 0.173 e. The Bertz CT molecular complexity index is 839. The highest BCUT2D eigenvalue weighted by atomic mass is 32.2. The van der Waals surface area contributed by atoms with Gasteiger partial charge in [-0.15, -0.1) is 0 Å². The van der Waals surface area contributed by atoms with E-state index in [1.165, 1.54) is 17.3 Å². The van der Waals surface area contributed by atoms with Crippen LogP contribution in [0.5, 0.6) is 5.75 Å². The van der Waals surface area contributed by atoms with Gasteiger partial charge < -0.3 is 4.74 Å². The van der Waals surface area contributed by atoms with E-state index in [1.807, 2.05) is 66.2 Å². The fourth-order valence-corrected chi connectivity index (χ4v) is 3.30. The van der Waals surface area contributed by atoms with Crippen LogP contribution in [0.2, 0.25) is 0 Å². The summed E-state index contributed by atoms with van der Waals surface area (Å²) < 4.78 is 7.16. The molecule has 1 heterocycles. The van der Waals surface area contributed by atoms with Crippen molar-refractivity contribution in [2.45, 2.75) is 18.5 Å². The summed E-state index contributed by atoms with van der Waals surface area (Å²) in [7, 11) is 1.65. The number of nitrogens with zero attached hydrogens (tertiary/aromatic N) is 2. The van der Waals surface area contributed by atoms with Gasteiger partial charge in [0, 0.05) is 24.5 Å². The number of aromatic nitrogens is 2. The molecule has 4 nitrogen and oxygen atoms in total. The summed E-state index contributed by atoms with van der Waals surface area (Å²) in [4.78, 5) is 16.6. The van der Waals surface area contributed by atoms with E-state index < -0.39 is 0 Å². The largest absolute Gasteiger partial charge is 0.497 e. The molecule has 0 amide bonds. The molecule has 5 heteroatoms. The van der Waals surface area contributed by atoms with Crippen molar-refractivity contribution in [2.75, 3.05) is 12.9 Å². The number of hydrogen-bond donors (Lipinski definition) is 0. The van der Waals surface area contributed by atoms with Crippen LogP contribution in [0.4, 0.5) is 0 Å². The minimum atomic E-state index is 0.193. The van der Waals surface area contributed by atoms with E-state index in [4.69, 9.17) is 4.74 Å². The lowest BCUT2D eigenvalue weighted by Crippen LogP contribution is -2.07. The molecule has 0 aliphatic carbocycles. The summed E-state index contributed by atoms with van der Waals surface area (Å²) in [5, 5.41) is 0.808. The molecule has 1 aromatic heterocycles. The Labute approximate surface area is 151 Å². The molecule has 0 radical (unpaired) electrons. The van der Waals surface area contributed by atoms with E-state index >= 15 is 0 Å². The number of rotatable bonds is 7. The van der Waals surface area contributed by atoms with Crippen molar-refractivity contribution in [1.29, 1.82) is 0 Å². The normalized spacial score (nSPS) is 10.6. The molecule has 0 fully saturated rings. The summed E-state index contributed by atoms with van der Waals surface area (Å²) in [5.74, 6) is 1.41. The quantitative estimate of drug-likeness (QED) is 0.601. The third kappa shape index (κ3) is 4.51. The number of methoxy groups -OCH3 is 1. The van der Waals surface area contributed by atoms with Crippen LogP contribution in [0.3, 0.4) is 0 Å². The monoisotopic (exact) mass is 352 g/mol. The second-order valence-electron chi connectivity index (χ2n) is 5.77. The standard InChI is InChI=1S/C20H20N2O2S/c1-15-3-5-16(6-4-15)13-18(23)14-25-20-21-11-12-22(20)17-7-9-19(24-2)10-8-17/h3-12H,13-14H2,1-2H3. The number of aryl methyl sites for hydroxylation is 1. The second kappa shape index (κ2) is 8.03. The first-order valence-corrected chi connectivity index (χ1v) is 9.02. The first kappa shape index (κ1) is 17.3. The molecule has 3 rings (SSSR count). The predicted octanol–water partition coefficient (Wildman–Crippen LogP) is 4.09. The van der Waals surface area contributed by atoms with Crippen molar-refractivity contribution in [3.63, 3.8) is 0 Å². The van der Waals surface area contributed by atoms with E-state index in [1.54, 1.807) is 13.3 Å². The Morgan fingerprint density at radius 3 is 2.52 bits per heavy atom. The van der Waals surface area contributed by atoms with Crippen molar-refractivity contribution in [2.24, 2.45) is 0 Å². The van der Waals surface area contributed by atoms with Gasteiger partial charge in [0.2, 0.25) is 0 Å². The van der Waals surface area contributed by atoms with Gasteiger partial charge in [0.1, 0.15) is 11.5 Å². The van der Waals surface area contributed by atoms with Crippen LogP contribution in [-0.2, 0) is 11.2 Å². The summed E-state index contributed by atoms with van der Waals surface area (Å²) in [6.07, 6.45) is 4.10. The lowest BCUT2D eigenvalue weighted by Gasteiger charge is -2.08. The zero-order valence-corrected chi connectivity index (χ0v) is 15.1. The summed E-state index contributed by atoms with van der Waals surface area (Å²) in [6.45, 7) is 2.04. The number of ether oxygens (including phenoxy) is 1. The lowest BCUT2D eigenvalue weighted by molar-refractivity contribution is -0.116. The highest BCUT2D eigenvalue weighted by Crippen LogP contribution is 2.22. The van der Waals surface area contributed by atoms with Gasteiger partial charge in [-0.25, -0.2) is 4.98 Å². The van der Waals surface area contributed by atoms with E-state index in [0.717, 1.165) is 22.2 Å². The molecular weight excluding hydrogens is 332 g/mol. The van der Waals surface area contributed by atoms with Crippen LogP contribution in [0.25, 0.3) is 5.69 Å². The number of benzene rings is 2. The van der Waals surface area contributed by atoms with Crippen molar-refractivity contribution in [3.8, 4) is 11.4 Å². The Kier molecular flexibility index (Phi) is 5.56. The number of Topliss-reactive ketones (excluding diaryl/α,β-unsaturated/α-hetero) is 1. The Balaban J connectivity index is 1.62.